The van der Waals surface area contributed by atoms with Crippen LogP contribution in [0.5, 0.6) is 5.75 Å². The summed E-state index contributed by atoms with van der Waals surface area (Å²) in [7, 11) is 0. The second-order valence-electron chi connectivity index (χ2n) is 5.92. The zero-order valence-electron chi connectivity index (χ0n) is 13.1. The van der Waals surface area contributed by atoms with Gasteiger partial charge in [-0.2, -0.15) is 0 Å². The molecule has 1 saturated heterocycles. The Morgan fingerprint density at radius 3 is 2.76 bits per heavy atom. The van der Waals surface area contributed by atoms with Gasteiger partial charge in [0, 0.05) is 12.6 Å². The standard InChI is InChI=1S/C17H25NO3/c1-4-17(5-2)11-13(8-9-21-17)18-16(20)14-7-6-12(3)10-15(14)19/h6-7,10,13,19H,4-5,8-9,11H2,1-3H3,(H,18,20). The Morgan fingerprint density at radius 2 is 2.14 bits per heavy atom. The number of nitrogens with one attached hydrogen (secondary N) is 1. The van der Waals surface area contributed by atoms with E-state index in [1.165, 1.54) is 0 Å². The summed E-state index contributed by atoms with van der Waals surface area (Å²) >= 11 is 0. The number of aromatic hydroxyl groups is 1. The van der Waals surface area contributed by atoms with Crippen LogP contribution in [0.15, 0.2) is 18.2 Å². The van der Waals surface area contributed by atoms with Gasteiger partial charge in [-0.25, -0.2) is 0 Å². The fraction of sp³-hybridized carbons (Fsp3) is 0.588. The second kappa shape index (κ2) is 6.48. The summed E-state index contributed by atoms with van der Waals surface area (Å²) in [4.78, 5) is 12.3. The van der Waals surface area contributed by atoms with Gasteiger partial charge in [-0.1, -0.05) is 19.9 Å². The van der Waals surface area contributed by atoms with Crippen molar-refractivity contribution in [2.24, 2.45) is 0 Å². The van der Waals surface area contributed by atoms with Gasteiger partial charge >= 0.3 is 0 Å². The molecule has 1 amide bonds. The van der Waals surface area contributed by atoms with Crippen LogP contribution < -0.4 is 5.32 Å². The highest BCUT2D eigenvalue weighted by Gasteiger charge is 2.35. The SMILES string of the molecule is CCC1(CC)CC(NC(=O)c2ccc(C)cc2O)CCO1. The van der Waals surface area contributed by atoms with E-state index in [1.807, 2.05) is 13.0 Å². The monoisotopic (exact) mass is 291 g/mol. The molecule has 1 fully saturated rings. The van der Waals surface area contributed by atoms with E-state index in [0.29, 0.717) is 12.2 Å². The Bertz CT molecular complexity index is 509. The van der Waals surface area contributed by atoms with Crippen molar-refractivity contribution in [1.29, 1.82) is 0 Å². The van der Waals surface area contributed by atoms with Crippen molar-refractivity contribution in [3.05, 3.63) is 29.3 Å². The van der Waals surface area contributed by atoms with E-state index in [1.54, 1.807) is 12.1 Å². The van der Waals surface area contributed by atoms with E-state index in [9.17, 15) is 9.90 Å². The summed E-state index contributed by atoms with van der Waals surface area (Å²) in [5.74, 6) is -0.169. The third kappa shape index (κ3) is 3.56. The fourth-order valence-corrected chi connectivity index (χ4v) is 2.99. The van der Waals surface area contributed by atoms with Crippen LogP contribution in [-0.2, 0) is 4.74 Å². The highest BCUT2D eigenvalue weighted by molar-refractivity contribution is 5.97. The summed E-state index contributed by atoms with van der Waals surface area (Å²) in [6.07, 6.45) is 3.55. The summed E-state index contributed by atoms with van der Waals surface area (Å²) < 4.78 is 5.92. The molecule has 2 rings (SSSR count). The number of benzene rings is 1. The van der Waals surface area contributed by atoms with E-state index in [0.717, 1.165) is 31.2 Å². The molecule has 0 aliphatic carbocycles. The van der Waals surface area contributed by atoms with Crippen molar-refractivity contribution in [1.82, 2.24) is 5.32 Å². The Hall–Kier alpha value is -1.55. The van der Waals surface area contributed by atoms with E-state index in [2.05, 4.69) is 19.2 Å². The van der Waals surface area contributed by atoms with Crippen LogP contribution in [0.4, 0.5) is 0 Å². The van der Waals surface area contributed by atoms with Crippen molar-refractivity contribution in [3.63, 3.8) is 0 Å². The second-order valence-corrected chi connectivity index (χ2v) is 5.92. The van der Waals surface area contributed by atoms with E-state index in [4.69, 9.17) is 4.74 Å². The lowest BCUT2D eigenvalue weighted by molar-refractivity contribution is -0.0917. The van der Waals surface area contributed by atoms with Gasteiger partial charge in [0.1, 0.15) is 5.75 Å². The first-order valence-electron chi connectivity index (χ1n) is 7.74. The lowest BCUT2D eigenvalue weighted by Gasteiger charge is -2.40. The van der Waals surface area contributed by atoms with Gasteiger partial charge in [0.25, 0.3) is 5.91 Å². The van der Waals surface area contributed by atoms with E-state index in [-0.39, 0.29) is 23.3 Å². The van der Waals surface area contributed by atoms with Gasteiger partial charge in [-0.05, 0) is 50.3 Å². The highest BCUT2D eigenvalue weighted by atomic mass is 16.5. The largest absolute Gasteiger partial charge is 0.507 e. The number of phenolic OH excluding ortho intramolecular Hbond substituents is 1. The summed E-state index contributed by atoms with van der Waals surface area (Å²) in [6, 6.07) is 5.22. The van der Waals surface area contributed by atoms with Gasteiger partial charge in [0.2, 0.25) is 0 Å². The Labute approximate surface area is 126 Å². The third-order valence-electron chi connectivity index (χ3n) is 4.51. The van der Waals surface area contributed by atoms with Gasteiger partial charge < -0.3 is 15.2 Å². The number of rotatable bonds is 4. The molecule has 0 aromatic heterocycles. The fourth-order valence-electron chi connectivity index (χ4n) is 2.99. The van der Waals surface area contributed by atoms with Crippen LogP contribution in [0.1, 0.15) is 55.5 Å². The van der Waals surface area contributed by atoms with Crippen LogP contribution in [0, 0.1) is 6.92 Å². The molecule has 1 aliphatic rings. The van der Waals surface area contributed by atoms with Crippen LogP contribution in [0.25, 0.3) is 0 Å². The molecule has 4 nitrogen and oxygen atoms in total. The number of ether oxygens (including phenoxy) is 1. The molecule has 0 spiro atoms. The van der Waals surface area contributed by atoms with Crippen molar-refractivity contribution in [2.75, 3.05) is 6.61 Å². The Kier molecular flexibility index (Phi) is 4.88. The van der Waals surface area contributed by atoms with Crippen molar-refractivity contribution in [3.8, 4) is 5.75 Å². The number of amides is 1. The van der Waals surface area contributed by atoms with Crippen molar-refractivity contribution >= 4 is 5.91 Å². The molecule has 1 heterocycles. The first-order valence-corrected chi connectivity index (χ1v) is 7.74. The molecule has 116 valence electrons. The quantitative estimate of drug-likeness (QED) is 0.896. The lowest BCUT2D eigenvalue weighted by atomic mass is 9.86. The molecule has 21 heavy (non-hydrogen) atoms. The van der Waals surface area contributed by atoms with E-state index < -0.39 is 0 Å². The van der Waals surface area contributed by atoms with Gasteiger partial charge in [0.05, 0.1) is 11.2 Å². The van der Waals surface area contributed by atoms with Crippen molar-refractivity contribution < 1.29 is 14.6 Å². The van der Waals surface area contributed by atoms with Crippen LogP contribution >= 0.6 is 0 Å². The average molecular weight is 291 g/mol. The third-order valence-corrected chi connectivity index (χ3v) is 4.51. The van der Waals surface area contributed by atoms with Crippen molar-refractivity contribution in [2.45, 2.75) is 58.1 Å². The maximum Gasteiger partial charge on any atom is 0.255 e. The molecule has 2 N–H and O–H groups in total. The summed E-state index contributed by atoms with van der Waals surface area (Å²) in [5.41, 5.74) is 1.16. The first-order chi connectivity index (χ1) is 9.99. The molecule has 0 radical (unpaired) electrons. The molecule has 1 aromatic carbocycles. The van der Waals surface area contributed by atoms with Gasteiger partial charge in [-0.15, -0.1) is 0 Å². The minimum Gasteiger partial charge on any atom is -0.507 e. The zero-order chi connectivity index (χ0) is 15.5. The molecule has 0 saturated carbocycles. The molecule has 1 unspecified atom stereocenters. The average Bonchev–Trinajstić information content (AvgIpc) is 2.47. The summed E-state index contributed by atoms with van der Waals surface area (Å²) in [5, 5.41) is 12.9. The van der Waals surface area contributed by atoms with Crippen LogP contribution in [0.2, 0.25) is 0 Å². The predicted octanol–water partition coefficient (Wildman–Crippen LogP) is 3.17. The Morgan fingerprint density at radius 1 is 1.43 bits per heavy atom. The lowest BCUT2D eigenvalue weighted by Crippen LogP contribution is -2.48. The molecule has 0 bridgehead atoms. The number of aryl methyl sites for hydroxylation is 1. The first kappa shape index (κ1) is 15.8. The van der Waals surface area contributed by atoms with Gasteiger partial charge in [-0.3, -0.25) is 4.79 Å². The molecule has 4 heteroatoms. The zero-order valence-corrected chi connectivity index (χ0v) is 13.1. The molecular weight excluding hydrogens is 266 g/mol. The topological polar surface area (TPSA) is 58.6 Å². The van der Waals surface area contributed by atoms with Crippen LogP contribution in [-0.4, -0.2) is 29.3 Å². The number of hydrogen-bond acceptors (Lipinski definition) is 3. The number of carbonyl (C=O) groups excluding carboxylic acids is 1. The molecule has 1 aromatic rings. The van der Waals surface area contributed by atoms with E-state index >= 15 is 0 Å². The van der Waals surface area contributed by atoms with Gasteiger partial charge in [0.15, 0.2) is 0 Å². The molecule has 1 atom stereocenters. The smallest absolute Gasteiger partial charge is 0.255 e. The maximum absolute atomic E-state index is 12.3. The normalized spacial score (nSPS) is 21.0. The molecular formula is C17H25NO3. The summed E-state index contributed by atoms with van der Waals surface area (Å²) in [6.45, 7) is 6.81. The number of phenols is 1. The molecule has 1 aliphatic heterocycles. The Balaban J connectivity index is 2.05. The maximum atomic E-state index is 12.3. The minimum atomic E-state index is -0.208. The minimum absolute atomic E-state index is 0.0387. The number of hydrogen-bond donors (Lipinski definition) is 2. The van der Waals surface area contributed by atoms with Crippen LogP contribution in [0.3, 0.4) is 0 Å². The number of carbonyl (C=O) groups is 1. The predicted molar refractivity (Wildman–Crippen MR) is 82.6 cm³/mol. The highest BCUT2D eigenvalue weighted by Crippen LogP contribution is 2.31.